The average Bonchev–Trinajstić information content (AvgIpc) is 3.09. The predicted octanol–water partition coefficient (Wildman–Crippen LogP) is 6.16. The number of carbonyl (C=O) groups excluding carboxylic acids is 1. The van der Waals surface area contributed by atoms with E-state index in [1.165, 1.54) is 0 Å². The lowest BCUT2D eigenvalue weighted by Crippen LogP contribution is -2.32. The summed E-state index contributed by atoms with van der Waals surface area (Å²) in [4.78, 5) is 14.5. The lowest BCUT2D eigenvalue weighted by molar-refractivity contribution is 0.131. The van der Waals surface area contributed by atoms with Crippen molar-refractivity contribution in [3.63, 3.8) is 0 Å². The van der Waals surface area contributed by atoms with Crippen molar-refractivity contribution in [1.29, 1.82) is 0 Å². The molecule has 1 saturated heterocycles. The fourth-order valence-corrected chi connectivity index (χ4v) is 5.52. The van der Waals surface area contributed by atoms with Crippen molar-refractivity contribution in [1.82, 2.24) is 4.90 Å². The second-order valence-corrected chi connectivity index (χ2v) is 13.8. The van der Waals surface area contributed by atoms with Crippen LogP contribution in [0.5, 0.6) is 0 Å². The zero-order valence-corrected chi connectivity index (χ0v) is 19.5. The van der Waals surface area contributed by atoms with E-state index in [-0.39, 0.29) is 6.04 Å². The number of aliphatic hydroxyl groups excluding tert-OH is 1. The first kappa shape index (κ1) is 22.8. The molecule has 1 aliphatic rings. The van der Waals surface area contributed by atoms with Crippen molar-refractivity contribution in [2.45, 2.75) is 50.7 Å². The van der Waals surface area contributed by atoms with Gasteiger partial charge in [0.05, 0.1) is 20.4 Å². The molecule has 0 spiro atoms. The molecule has 2 aromatic carbocycles. The Morgan fingerprint density at radius 2 is 1.71 bits per heavy atom. The molecule has 0 aliphatic carbocycles. The monoisotopic (exact) mass is 433 g/mol. The van der Waals surface area contributed by atoms with Crippen LogP contribution >= 0.6 is 0 Å². The van der Waals surface area contributed by atoms with E-state index < -0.39 is 26.4 Å². The molecule has 162 valence electrons. The quantitative estimate of drug-likeness (QED) is 0.308. The van der Waals surface area contributed by atoms with Crippen molar-refractivity contribution < 1.29 is 14.6 Å². The van der Waals surface area contributed by atoms with Crippen molar-refractivity contribution >= 4 is 14.2 Å². The molecule has 1 aliphatic heterocycles. The molecule has 0 saturated carbocycles. The number of allylic oxidation sites excluding steroid dienone is 1. The average molecular weight is 434 g/mol. The molecule has 1 N–H and O–H groups in total. The topological polar surface area (TPSA) is 49.8 Å². The number of ether oxygens (including phenoxy) is 1. The molecule has 1 fully saturated rings. The van der Waals surface area contributed by atoms with Crippen molar-refractivity contribution in [2.75, 3.05) is 0 Å². The second kappa shape index (κ2) is 9.97. The predicted molar refractivity (Wildman–Crippen MR) is 127 cm³/mol. The molecule has 31 heavy (non-hydrogen) atoms. The maximum absolute atomic E-state index is 12.9. The van der Waals surface area contributed by atoms with E-state index >= 15 is 0 Å². The Balaban J connectivity index is 2.05. The summed E-state index contributed by atoms with van der Waals surface area (Å²) in [5.41, 5.74) is 5.24. The van der Waals surface area contributed by atoms with Crippen LogP contribution in [0.15, 0.2) is 90.4 Å². The summed E-state index contributed by atoms with van der Waals surface area (Å²) in [6.45, 7) is 10.3. The third-order valence-electron chi connectivity index (χ3n) is 5.44. The molecule has 5 heteroatoms. The molecule has 1 amide bonds. The smallest absolute Gasteiger partial charge is 0.415 e. The van der Waals surface area contributed by atoms with Gasteiger partial charge in [-0.2, -0.15) is 0 Å². The highest BCUT2D eigenvalue weighted by Gasteiger charge is 2.42. The van der Waals surface area contributed by atoms with Gasteiger partial charge in [-0.05, 0) is 29.2 Å². The highest BCUT2D eigenvalue weighted by Crippen LogP contribution is 2.43. The van der Waals surface area contributed by atoms with Gasteiger partial charge in [-0.15, -0.1) is 12.3 Å². The number of rotatable bonds is 8. The number of nitrogens with zero attached hydrogens (tertiary/aromatic N) is 1. The van der Waals surface area contributed by atoms with E-state index in [2.05, 4.69) is 32.0 Å². The molecule has 3 rings (SSSR count). The van der Waals surface area contributed by atoms with E-state index in [1.54, 1.807) is 11.1 Å². The largest absolute Gasteiger partial charge is 0.438 e. The van der Waals surface area contributed by atoms with Gasteiger partial charge in [0.1, 0.15) is 6.04 Å². The first-order chi connectivity index (χ1) is 14.8. The zero-order valence-electron chi connectivity index (χ0n) is 18.5. The molecule has 1 heterocycles. The molecule has 0 aromatic heterocycles. The van der Waals surface area contributed by atoms with Crippen molar-refractivity contribution in [3.8, 4) is 0 Å². The van der Waals surface area contributed by atoms with Gasteiger partial charge in [0.15, 0.2) is 6.10 Å². The summed E-state index contributed by atoms with van der Waals surface area (Å²) in [7, 11) is -1.86. The van der Waals surface area contributed by atoms with Crippen LogP contribution in [-0.2, 0) is 4.74 Å². The minimum Gasteiger partial charge on any atom is -0.438 e. The molecule has 0 bridgehead atoms. The number of benzene rings is 2. The third kappa shape index (κ3) is 5.45. The first-order valence-corrected chi connectivity index (χ1v) is 14.2. The highest BCUT2D eigenvalue weighted by molar-refractivity contribution is 6.83. The van der Waals surface area contributed by atoms with Crippen molar-refractivity contribution in [2.24, 2.45) is 0 Å². The zero-order chi connectivity index (χ0) is 22.4. The van der Waals surface area contributed by atoms with E-state index in [0.29, 0.717) is 6.42 Å². The lowest BCUT2D eigenvalue weighted by Gasteiger charge is -2.25. The Hall–Kier alpha value is -2.85. The van der Waals surface area contributed by atoms with E-state index in [0.717, 1.165) is 22.7 Å². The fraction of sp³-hybridized carbons (Fsp3) is 0.308. The lowest BCUT2D eigenvalue weighted by atomic mass is 9.96. The Morgan fingerprint density at radius 1 is 1.13 bits per heavy atom. The van der Waals surface area contributed by atoms with E-state index in [1.807, 2.05) is 66.7 Å². The summed E-state index contributed by atoms with van der Waals surface area (Å²) in [5.74, 6) is 0. The number of carbonyl (C=O) groups is 1. The van der Waals surface area contributed by atoms with Gasteiger partial charge in [0.2, 0.25) is 0 Å². The number of aliphatic hydroxyl groups is 1. The Morgan fingerprint density at radius 3 is 2.26 bits per heavy atom. The molecule has 0 radical (unpaired) electrons. The maximum Gasteiger partial charge on any atom is 0.415 e. The summed E-state index contributed by atoms with van der Waals surface area (Å²) >= 11 is 0. The first-order valence-electron chi connectivity index (χ1n) is 10.7. The van der Waals surface area contributed by atoms with E-state index in [9.17, 15) is 9.90 Å². The van der Waals surface area contributed by atoms with Crippen LogP contribution in [0, 0.1) is 0 Å². The van der Waals surface area contributed by atoms with Gasteiger partial charge >= 0.3 is 6.09 Å². The minimum absolute atomic E-state index is 0.309. The van der Waals surface area contributed by atoms with Gasteiger partial charge in [0, 0.05) is 0 Å². The Kier molecular flexibility index (Phi) is 7.34. The van der Waals surface area contributed by atoms with Crippen LogP contribution in [0.3, 0.4) is 0 Å². The van der Waals surface area contributed by atoms with Crippen molar-refractivity contribution in [3.05, 3.63) is 102 Å². The van der Waals surface area contributed by atoms with Gasteiger partial charge in [0.25, 0.3) is 0 Å². The second-order valence-electron chi connectivity index (χ2n) is 8.80. The van der Waals surface area contributed by atoms with Crippen LogP contribution in [0.4, 0.5) is 4.79 Å². The summed E-state index contributed by atoms with van der Waals surface area (Å²) in [6, 6.07) is 19.4. The molecular weight excluding hydrogens is 402 g/mol. The standard InChI is InChI=1S/C26H31NO3Si/c1-5-6-17-22(28)23(31(2,3)4)18-19-27-24(20-13-9-7-10-14-20)25(30-26(27)29)21-15-11-8-12-16-21/h5,7-16,19,22,24-25,28H,1,6,17H2,2-4H3/t18?,22-,24+,25-/m1/s1. The van der Waals surface area contributed by atoms with Gasteiger partial charge in [-0.1, -0.05) is 86.4 Å². The molecular formula is C26H31NO3Si. The van der Waals surface area contributed by atoms with E-state index in [4.69, 9.17) is 4.74 Å². The van der Waals surface area contributed by atoms with Crippen LogP contribution in [-0.4, -0.2) is 30.3 Å². The summed E-state index contributed by atoms with van der Waals surface area (Å²) in [5, 5.41) is 11.6. The molecule has 3 atom stereocenters. The van der Waals surface area contributed by atoms with Gasteiger partial charge in [-0.25, -0.2) is 4.79 Å². The SMILES string of the molecule is C=CCC[C@@H](O)C(=C=CN1C(=O)O[C@H](c2ccccc2)[C@@H]1c1ccccc1)[Si](C)(C)C. The van der Waals surface area contributed by atoms with Crippen LogP contribution in [0.2, 0.25) is 19.6 Å². The van der Waals surface area contributed by atoms with Crippen LogP contribution in [0.1, 0.15) is 36.1 Å². The fourth-order valence-electron chi connectivity index (χ4n) is 3.88. The Labute approximate surface area is 186 Å². The third-order valence-corrected chi connectivity index (χ3v) is 7.53. The minimum atomic E-state index is -1.86. The molecule has 4 nitrogen and oxygen atoms in total. The highest BCUT2D eigenvalue weighted by atomic mass is 28.3. The number of hydrogen-bond donors (Lipinski definition) is 1. The number of hydrogen-bond acceptors (Lipinski definition) is 3. The number of amides is 1. The van der Waals surface area contributed by atoms with Gasteiger partial charge < -0.3 is 9.84 Å². The molecule has 0 unspecified atom stereocenters. The van der Waals surface area contributed by atoms with Crippen LogP contribution in [0.25, 0.3) is 0 Å². The normalized spacial score (nSPS) is 19.4. The Bertz CT molecular complexity index is 959. The maximum atomic E-state index is 12.9. The van der Waals surface area contributed by atoms with Crippen LogP contribution < -0.4 is 0 Å². The summed E-state index contributed by atoms with van der Waals surface area (Å²) in [6.07, 6.45) is 3.38. The summed E-state index contributed by atoms with van der Waals surface area (Å²) < 4.78 is 5.81. The molecule has 2 aromatic rings. The number of cyclic esters (lactones) is 1. The van der Waals surface area contributed by atoms with Gasteiger partial charge in [-0.3, -0.25) is 4.90 Å².